The van der Waals surface area contributed by atoms with Crippen LogP contribution < -0.4 is 14.8 Å². The lowest BCUT2D eigenvalue weighted by Gasteiger charge is -2.12. The first-order valence-electron chi connectivity index (χ1n) is 8.48. The normalized spacial score (nSPS) is 10.6. The summed E-state index contributed by atoms with van der Waals surface area (Å²) in [6.07, 6.45) is 5.33. The summed E-state index contributed by atoms with van der Waals surface area (Å²) in [7, 11) is 3.20. The van der Waals surface area contributed by atoms with Gasteiger partial charge in [-0.3, -0.25) is 9.48 Å². The van der Waals surface area contributed by atoms with Crippen LogP contribution in [0.4, 0.5) is 5.82 Å². The van der Waals surface area contributed by atoms with Gasteiger partial charge >= 0.3 is 0 Å². The first-order valence-corrected chi connectivity index (χ1v) is 8.48. The molecule has 27 heavy (non-hydrogen) atoms. The van der Waals surface area contributed by atoms with E-state index in [1.807, 2.05) is 25.1 Å². The smallest absolute Gasteiger partial charge is 0.227 e. The fraction of sp³-hybridized carbons (Fsp3) is 0.333. The van der Waals surface area contributed by atoms with E-state index in [-0.39, 0.29) is 5.91 Å². The number of hydrogen-bond acceptors (Lipinski definition) is 6. The summed E-state index contributed by atoms with van der Waals surface area (Å²) in [5.41, 5.74) is 1.87. The predicted molar refractivity (Wildman–Crippen MR) is 98.9 cm³/mol. The maximum absolute atomic E-state index is 12.3. The Bertz CT molecular complexity index is 904. The molecule has 0 fully saturated rings. The first kappa shape index (κ1) is 18.4. The van der Waals surface area contributed by atoms with Crippen molar-refractivity contribution in [2.45, 2.75) is 26.4 Å². The molecule has 0 saturated heterocycles. The summed E-state index contributed by atoms with van der Waals surface area (Å²) in [5, 5.41) is 14.9. The van der Waals surface area contributed by atoms with Gasteiger partial charge < -0.3 is 14.8 Å². The van der Waals surface area contributed by atoms with E-state index in [9.17, 15) is 4.79 Å². The number of carbonyl (C=O) groups excluding carboxylic acids is 1. The Balaban J connectivity index is 1.70. The van der Waals surface area contributed by atoms with Crippen molar-refractivity contribution >= 4 is 11.7 Å². The summed E-state index contributed by atoms with van der Waals surface area (Å²) < 4.78 is 14.0. The topological polar surface area (TPSA) is 96.1 Å². The van der Waals surface area contributed by atoms with E-state index in [4.69, 9.17) is 9.47 Å². The van der Waals surface area contributed by atoms with Gasteiger partial charge in [0.15, 0.2) is 11.5 Å². The monoisotopic (exact) mass is 370 g/mol. The summed E-state index contributed by atoms with van der Waals surface area (Å²) in [5.74, 6) is 1.88. The zero-order chi connectivity index (χ0) is 19.2. The second-order valence-electron chi connectivity index (χ2n) is 5.99. The van der Waals surface area contributed by atoms with Gasteiger partial charge in [-0.25, -0.2) is 4.68 Å². The van der Waals surface area contributed by atoms with Gasteiger partial charge in [-0.1, -0.05) is 11.3 Å². The highest BCUT2D eigenvalue weighted by Gasteiger charge is 2.13. The average Bonchev–Trinajstić information content (AvgIpc) is 3.31. The molecule has 0 radical (unpaired) electrons. The van der Waals surface area contributed by atoms with Crippen LogP contribution in [0.15, 0.2) is 36.8 Å². The van der Waals surface area contributed by atoms with Crippen LogP contribution in [-0.2, 0) is 17.9 Å². The number of nitrogens with one attached hydrogen (secondary N) is 1. The van der Waals surface area contributed by atoms with Crippen LogP contribution in [0, 0.1) is 6.92 Å². The van der Waals surface area contributed by atoms with Crippen molar-refractivity contribution in [2.75, 3.05) is 19.5 Å². The van der Waals surface area contributed by atoms with Crippen LogP contribution in [0.1, 0.15) is 17.5 Å². The molecular weight excluding hydrogens is 348 g/mol. The van der Waals surface area contributed by atoms with Crippen LogP contribution in [0.5, 0.6) is 11.5 Å². The average molecular weight is 370 g/mol. The zero-order valence-corrected chi connectivity index (χ0v) is 15.5. The third-order valence-electron chi connectivity index (χ3n) is 4.10. The number of aryl methyl sites for hydroxylation is 2. The van der Waals surface area contributed by atoms with Gasteiger partial charge in [0, 0.05) is 18.2 Å². The maximum Gasteiger partial charge on any atom is 0.227 e. The van der Waals surface area contributed by atoms with Gasteiger partial charge in [0.25, 0.3) is 0 Å². The fourth-order valence-electron chi connectivity index (χ4n) is 2.68. The van der Waals surface area contributed by atoms with Crippen molar-refractivity contribution in [3.63, 3.8) is 0 Å². The molecule has 1 amide bonds. The molecule has 0 atom stereocenters. The standard InChI is InChI=1S/C18H22N6O3/c1-13-11-20-24(12-14-4-5-15(26-2)16(10-14)27-3)18(13)21-17(25)6-8-23-9-7-19-22-23/h4-5,7,9-11H,6,8,12H2,1-3H3,(H,21,25). The van der Waals surface area contributed by atoms with Gasteiger partial charge in [0.1, 0.15) is 5.82 Å². The van der Waals surface area contributed by atoms with Crippen molar-refractivity contribution in [3.05, 3.63) is 47.9 Å². The number of aromatic nitrogens is 5. The number of carbonyl (C=O) groups is 1. The Kier molecular flexibility index (Phi) is 5.70. The Hall–Kier alpha value is -3.36. The lowest BCUT2D eigenvalue weighted by molar-refractivity contribution is -0.116. The SMILES string of the molecule is COc1ccc(Cn2ncc(C)c2NC(=O)CCn2ccnn2)cc1OC. The molecule has 1 N–H and O–H groups in total. The van der Waals surface area contributed by atoms with Crippen LogP contribution in [0.3, 0.4) is 0 Å². The highest BCUT2D eigenvalue weighted by molar-refractivity contribution is 5.90. The van der Waals surface area contributed by atoms with E-state index in [0.29, 0.717) is 36.8 Å². The maximum atomic E-state index is 12.3. The van der Waals surface area contributed by atoms with E-state index in [1.165, 1.54) is 0 Å². The molecule has 0 saturated carbocycles. The molecule has 1 aromatic carbocycles. The number of rotatable bonds is 8. The first-order chi connectivity index (χ1) is 13.1. The number of nitrogens with zero attached hydrogens (tertiary/aromatic N) is 5. The van der Waals surface area contributed by atoms with Crippen LogP contribution in [0.2, 0.25) is 0 Å². The van der Waals surface area contributed by atoms with E-state index in [2.05, 4.69) is 20.7 Å². The van der Waals surface area contributed by atoms with Gasteiger partial charge in [-0.2, -0.15) is 5.10 Å². The van der Waals surface area contributed by atoms with E-state index < -0.39 is 0 Å². The van der Waals surface area contributed by atoms with Crippen molar-refractivity contribution in [2.24, 2.45) is 0 Å². The van der Waals surface area contributed by atoms with Gasteiger partial charge in [-0.15, -0.1) is 5.10 Å². The van der Waals surface area contributed by atoms with E-state index in [0.717, 1.165) is 11.1 Å². The minimum atomic E-state index is -0.109. The molecular formula is C18H22N6O3. The number of amides is 1. The van der Waals surface area contributed by atoms with Crippen molar-refractivity contribution in [3.8, 4) is 11.5 Å². The number of hydrogen-bond donors (Lipinski definition) is 1. The van der Waals surface area contributed by atoms with Crippen molar-refractivity contribution in [1.29, 1.82) is 0 Å². The predicted octanol–water partition coefficient (Wildman–Crippen LogP) is 1.88. The molecule has 0 spiro atoms. The lowest BCUT2D eigenvalue weighted by atomic mass is 10.2. The van der Waals surface area contributed by atoms with Crippen LogP contribution in [-0.4, -0.2) is 44.9 Å². The summed E-state index contributed by atoms with van der Waals surface area (Å²) in [6, 6.07) is 5.68. The third kappa shape index (κ3) is 4.43. The summed E-state index contributed by atoms with van der Waals surface area (Å²) >= 11 is 0. The minimum Gasteiger partial charge on any atom is -0.493 e. The molecule has 9 nitrogen and oxygen atoms in total. The molecule has 0 aliphatic heterocycles. The summed E-state index contributed by atoms with van der Waals surface area (Å²) in [6.45, 7) is 2.87. The second-order valence-corrected chi connectivity index (χ2v) is 5.99. The Morgan fingerprint density at radius 2 is 2.04 bits per heavy atom. The van der Waals surface area contributed by atoms with E-state index >= 15 is 0 Å². The molecule has 0 unspecified atom stereocenters. The molecule has 0 bridgehead atoms. The highest BCUT2D eigenvalue weighted by atomic mass is 16.5. The molecule has 0 aliphatic carbocycles. The van der Waals surface area contributed by atoms with Crippen molar-refractivity contribution in [1.82, 2.24) is 24.8 Å². The Morgan fingerprint density at radius 3 is 2.74 bits per heavy atom. The summed E-state index contributed by atoms with van der Waals surface area (Å²) in [4.78, 5) is 12.3. The molecule has 9 heteroatoms. The van der Waals surface area contributed by atoms with E-state index in [1.54, 1.807) is 42.2 Å². The van der Waals surface area contributed by atoms with Gasteiger partial charge in [0.2, 0.25) is 5.91 Å². The Morgan fingerprint density at radius 1 is 1.22 bits per heavy atom. The molecule has 142 valence electrons. The second kappa shape index (κ2) is 8.35. The largest absolute Gasteiger partial charge is 0.493 e. The highest BCUT2D eigenvalue weighted by Crippen LogP contribution is 2.28. The fourth-order valence-corrected chi connectivity index (χ4v) is 2.68. The minimum absolute atomic E-state index is 0.109. The molecule has 2 aromatic heterocycles. The number of anilines is 1. The molecule has 0 aliphatic rings. The molecule has 3 rings (SSSR count). The van der Waals surface area contributed by atoms with Gasteiger partial charge in [-0.05, 0) is 24.6 Å². The number of benzene rings is 1. The van der Waals surface area contributed by atoms with Gasteiger partial charge in [0.05, 0.1) is 39.7 Å². The number of ether oxygens (including phenoxy) is 2. The zero-order valence-electron chi connectivity index (χ0n) is 15.5. The molecule has 3 aromatic rings. The number of methoxy groups -OCH3 is 2. The van der Waals surface area contributed by atoms with Crippen LogP contribution >= 0.6 is 0 Å². The van der Waals surface area contributed by atoms with Crippen molar-refractivity contribution < 1.29 is 14.3 Å². The van der Waals surface area contributed by atoms with Crippen LogP contribution in [0.25, 0.3) is 0 Å². The Labute approximate surface area is 156 Å². The molecule has 2 heterocycles. The lowest BCUT2D eigenvalue weighted by Crippen LogP contribution is -2.18. The third-order valence-corrected chi connectivity index (χ3v) is 4.10. The quantitative estimate of drug-likeness (QED) is 0.650.